The molecule has 0 bridgehead atoms. The molecule has 1 atom stereocenters. The Labute approximate surface area is 120 Å². The third-order valence-corrected chi connectivity index (χ3v) is 3.72. The Hall–Kier alpha value is -1.36. The van der Waals surface area contributed by atoms with Crippen LogP contribution in [0.1, 0.15) is 28.8 Å². The van der Waals surface area contributed by atoms with Gasteiger partial charge in [0.25, 0.3) is 0 Å². The monoisotopic (exact) mass is 326 g/mol. The number of esters is 1. The molecule has 0 aromatic heterocycles. The predicted molar refractivity (Wildman–Crippen MR) is 73.9 cm³/mol. The van der Waals surface area contributed by atoms with Crippen LogP contribution in [0.3, 0.4) is 0 Å². The number of ketones is 1. The van der Waals surface area contributed by atoms with Gasteiger partial charge < -0.3 is 9.47 Å². The van der Waals surface area contributed by atoms with E-state index in [0.29, 0.717) is 12.2 Å². The Morgan fingerprint density at radius 2 is 2.21 bits per heavy atom. The van der Waals surface area contributed by atoms with Crippen LogP contribution < -0.4 is 4.74 Å². The van der Waals surface area contributed by atoms with Crippen molar-refractivity contribution in [2.24, 2.45) is 0 Å². The summed E-state index contributed by atoms with van der Waals surface area (Å²) in [6.45, 7) is 0.194. The zero-order valence-electron chi connectivity index (χ0n) is 10.6. The van der Waals surface area contributed by atoms with Crippen LogP contribution in [0.2, 0.25) is 0 Å². The van der Waals surface area contributed by atoms with Crippen molar-refractivity contribution in [3.63, 3.8) is 0 Å². The first-order valence-electron chi connectivity index (χ1n) is 6.12. The zero-order chi connectivity index (χ0) is 13.8. The summed E-state index contributed by atoms with van der Waals surface area (Å²) >= 11 is 3.19. The molecule has 5 heteroatoms. The molecule has 2 rings (SSSR count). The summed E-state index contributed by atoms with van der Waals surface area (Å²) < 4.78 is 10.1. The first kappa shape index (κ1) is 14.1. The highest BCUT2D eigenvalue weighted by atomic mass is 79.9. The van der Waals surface area contributed by atoms with Gasteiger partial charge in [-0.3, -0.25) is 9.59 Å². The molecule has 1 unspecified atom stereocenters. The van der Waals surface area contributed by atoms with E-state index in [-0.39, 0.29) is 18.4 Å². The minimum absolute atomic E-state index is 0.194. The lowest BCUT2D eigenvalue weighted by atomic mass is 9.90. The van der Waals surface area contributed by atoms with Gasteiger partial charge in [0.2, 0.25) is 0 Å². The van der Waals surface area contributed by atoms with E-state index in [1.54, 1.807) is 12.1 Å². The van der Waals surface area contributed by atoms with Crippen LogP contribution in [0.5, 0.6) is 5.75 Å². The fourth-order valence-corrected chi connectivity index (χ4v) is 2.40. The van der Waals surface area contributed by atoms with Crippen molar-refractivity contribution in [2.75, 3.05) is 13.7 Å². The minimum Gasteiger partial charge on any atom is -0.492 e. The minimum atomic E-state index is -0.491. The molecule has 19 heavy (non-hydrogen) atoms. The molecule has 0 amide bonds. The van der Waals surface area contributed by atoms with Gasteiger partial charge in [-0.15, -0.1) is 0 Å². The number of ether oxygens (including phenoxy) is 2. The first-order valence-corrected chi connectivity index (χ1v) is 7.04. The average Bonchev–Trinajstić information content (AvgIpc) is 2.44. The maximum atomic E-state index is 11.7. The van der Waals surface area contributed by atoms with Crippen molar-refractivity contribution < 1.29 is 19.1 Å². The van der Waals surface area contributed by atoms with Crippen LogP contribution in [-0.4, -0.2) is 30.3 Å². The molecule has 1 aromatic rings. The standard InChI is InChI=1S/C14H15BrO4/c1-18-14(17)12(15)8-19-10-5-6-11-9(7-10)3-2-4-13(11)16/h5-7,12H,2-4,8H2,1H3. The molecule has 0 heterocycles. The number of carbonyl (C=O) groups is 2. The number of hydrogen-bond acceptors (Lipinski definition) is 4. The van der Waals surface area contributed by atoms with Crippen LogP contribution in [0.25, 0.3) is 0 Å². The lowest BCUT2D eigenvalue weighted by molar-refractivity contribution is -0.140. The molecule has 0 radical (unpaired) electrons. The SMILES string of the molecule is COC(=O)C(Br)COc1ccc2c(c1)CCCC2=O. The zero-order valence-corrected chi connectivity index (χ0v) is 12.2. The van der Waals surface area contributed by atoms with Gasteiger partial charge in [0.05, 0.1) is 7.11 Å². The Morgan fingerprint density at radius 1 is 1.42 bits per heavy atom. The second kappa shape index (κ2) is 6.19. The number of Topliss-reactive ketones (excluding diaryl/α,β-unsaturated/α-hetero) is 1. The van der Waals surface area contributed by atoms with E-state index in [4.69, 9.17) is 4.74 Å². The number of benzene rings is 1. The summed E-state index contributed by atoms with van der Waals surface area (Å²) in [5.41, 5.74) is 1.82. The molecule has 1 aliphatic rings. The molecule has 0 N–H and O–H groups in total. The van der Waals surface area contributed by atoms with Gasteiger partial charge in [0.1, 0.15) is 17.2 Å². The molecule has 1 aliphatic carbocycles. The smallest absolute Gasteiger partial charge is 0.322 e. The number of alkyl halides is 1. The van der Waals surface area contributed by atoms with Crippen LogP contribution in [0, 0.1) is 0 Å². The number of rotatable bonds is 4. The van der Waals surface area contributed by atoms with Gasteiger partial charge in [-0.1, -0.05) is 15.9 Å². The average molecular weight is 327 g/mol. The van der Waals surface area contributed by atoms with Gasteiger partial charge in [0, 0.05) is 12.0 Å². The topological polar surface area (TPSA) is 52.6 Å². The van der Waals surface area contributed by atoms with Crippen molar-refractivity contribution in [1.29, 1.82) is 0 Å². The van der Waals surface area contributed by atoms with Crippen molar-refractivity contribution in [1.82, 2.24) is 0 Å². The number of fused-ring (bicyclic) bond motifs is 1. The molecular formula is C14H15BrO4. The Morgan fingerprint density at radius 3 is 2.95 bits per heavy atom. The summed E-state index contributed by atoms with van der Waals surface area (Å²) in [5, 5.41) is 0. The van der Waals surface area contributed by atoms with Crippen molar-refractivity contribution in [3.8, 4) is 5.75 Å². The molecule has 0 spiro atoms. The van der Waals surface area contributed by atoms with E-state index < -0.39 is 4.83 Å². The maximum Gasteiger partial charge on any atom is 0.322 e. The van der Waals surface area contributed by atoms with Crippen LogP contribution in [-0.2, 0) is 16.0 Å². The fraction of sp³-hybridized carbons (Fsp3) is 0.429. The number of methoxy groups -OCH3 is 1. The molecule has 0 saturated heterocycles. The summed E-state index contributed by atoms with van der Waals surface area (Å²) in [5.74, 6) is 0.496. The van der Waals surface area contributed by atoms with Crippen molar-refractivity contribution in [3.05, 3.63) is 29.3 Å². The Bertz CT molecular complexity index is 498. The van der Waals surface area contributed by atoms with E-state index in [1.807, 2.05) is 6.07 Å². The quantitative estimate of drug-likeness (QED) is 0.630. The summed E-state index contributed by atoms with van der Waals surface area (Å²) in [4.78, 5) is 22.4. The lowest BCUT2D eigenvalue weighted by Crippen LogP contribution is -2.23. The normalized spacial score (nSPS) is 15.6. The molecule has 0 saturated carbocycles. The van der Waals surface area contributed by atoms with Gasteiger partial charge >= 0.3 is 5.97 Å². The molecule has 4 nitrogen and oxygen atoms in total. The number of carbonyl (C=O) groups excluding carboxylic acids is 2. The van der Waals surface area contributed by atoms with E-state index in [0.717, 1.165) is 24.0 Å². The van der Waals surface area contributed by atoms with Crippen LogP contribution in [0.15, 0.2) is 18.2 Å². The molecule has 1 aromatic carbocycles. The van der Waals surface area contributed by atoms with Gasteiger partial charge in [0.15, 0.2) is 5.78 Å². The summed E-state index contributed by atoms with van der Waals surface area (Å²) in [6.07, 6.45) is 2.41. The highest BCUT2D eigenvalue weighted by Crippen LogP contribution is 2.25. The van der Waals surface area contributed by atoms with Crippen molar-refractivity contribution >= 4 is 27.7 Å². The fourth-order valence-electron chi connectivity index (χ4n) is 2.08. The van der Waals surface area contributed by atoms with Gasteiger partial charge in [-0.2, -0.15) is 0 Å². The third-order valence-electron chi connectivity index (χ3n) is 3.08. The first-order chi connectivity index (χ1) is 9.11. The second-order valence-electron chi connectivity index (χ2n) is 4.40. The lowest BCUT2D eigenvalue weighted by Gasteiger charge is -2.16. The molecule has 0 aliphatic heterocycles. The number of aryl methyl sites for hydroxylation is 1. The molecule has 0 fully saturated rings. The number of halogens is 1. The second-order valence-corrected chi connectivity index (χ2v) is 5.50. The largest absolute Gasteiger partial charge is 0.492 e. The van der Waals surface area contributed by atoms with E-state index in [2.05, 4.69) is 20.7 Å². The molecular weight excluding hydrogens is 312 g/mol. The highest BCUT2D eigenvalue weighted by molar-refractivity contribution is 9.10. The Balaban J connectivity index is 2.02. The van der Waals surface area contributed by atoms with Gasteiger partial charge in [-0.25, -0.2) is 0 Å². The van der Waals surface area contributed by atoms with E-state index >= 15 is 0 Å². The van der Waals surface area contributed by atoms with Gasteiger partial charge in [-0.05, 0) is 36.6 Å². The summed E-state index contributed by atoms with van der Waals surface area (Å²) in [6, 6.07) is 5.44. The molecule has 102 valence electrons. The highest BCUT2D eigenvalue weighted by Gasteiger charge is 2.19. The maximum absolute atomic E-state index is 11.7. The van der Waals surface area contributed by atoms with Crippen molar-refractivity contribution in [2.45, 2.75) is 24.1 Å². The van der Waals surface area contributed by atoms with Crippen LogP contribution >= 0.6 is 15.9 Å². The predicted octanol–water partition coefficient (Wildman–Crippen LogP) is 2.52. The number of hydrogen-bond donors (Lipinski definition) is 0. The van der Waals surface area contributed by atoms with E-state index in [9.17, 15) is 9.59 Å². The third kappa shape index (κ3) is 3.35. The summed E-state index contributed by atoms with van der Waals surface area (Å²) in [7, 11) is 1.33. The van der Waals surface area contributed by atoms with Crippen LogP contribution in [0.4, 0.5) is 0 Å². The Kier molecular flexibility index (Phi) is 4.58. The van der Waals surface area contributed by atoms with E-state index in [1.165, 1.54) is 7.11 Å².